The highest BCUT2D eigenvalue weighted by atomic mass is 19.1. The highest BCUT2D eigenvalue weighted by Gasteiger charge is 2.18. The summed E-state index contributed by atoms with van der Waals surface area (Å²) in [5.41, 5.74) is -0.185. The monoisotopic (exact) mass is 299 g/mol. The zero-order chi connectivity index (χ0) is 16.0. The summed E-state index contributed by atoms with van der Waals surface area (Å²) in [5.74, 6) is -2.15. The molecule has 1 amide bonds. The van der Waals surface area contributed by atoms with E-state index in [1.54, 1.807) is 6.92 Å². The van der Waals surface area contributed by atoms with Gasteiger partial charge in [0.25, 0.3) is 5.91 Å². The molecule has 6 nitrogen and oxygen atoms in total. The van der Waals surface area contributed by atoms with E-state index in [0.29, 0.717) is 0 Å². The van der Waals surface area contributed by atoms with Gasteiger partial charge in [0.15, 0.2) is 11.5 Å². The molecule has 0 saturated carbocycles. The maximum Gasteiger partial charge on any atom is 0.303 e. The zero-order valence-electron chi connectivity index (χ0n) is 12.1. The second-order valence-electron chi connectivity index (χ2n) is 4.60. The third-order valence-electron chi connectivity index (χ3n) is 2.85. The van der Waals surface area contributed by atoms with Crippen LogP contribution in [0.2, 0.25) is 0 Å². The van der Waals surface area contributed by atoms with Crippen LogP contribution in [-0.4, -0.2) is 37.7 Å². The highest BCUT2D eigenvalue weighted by molar-refractivity contribution is 5.95. The van der Waals surface area contributed by atoms with Gasteiger partial charge in [-0.05, 0) is 12.0 Å². The molecule has 2 N–H and O–H groups in total. The van der Waals surface area contributed by atoms with Gasteiger partial charge in [-0.1, -0.05) is 6.92 Å². The van der Waals surface area contributed by atoms with Crippen LogP contribution in [0, 0.1) is 11.7 Å². The average molecular weight is 299 g/mol. The van der Waals surface area contributed by atoms with Crippen molar-refractivity contribution in [3.05, 3.63) is 23.5 Å². The fourth-order valence-corrected chi connectivity index (χ4v) is 1.76. The van der Waals surface area contributed by atoms with E-state index in [-0.39, 0.29) is 35.9 Å². The molecule has 0 aliphatic heterocycles. The number of amides is 1. The van der Waals surface area contributed by atoms with E-state index in [1.807, 2.05) is 0 Å². The van der Waals surface area contributed by atoms with Gasteiger partial charge in [0, 0.05) is 19.0 Å². The maximum atomic E-state index is 13.8. The van der Waals surface area contributed by atoms with E-state index < -0.39 is 17.7 Å². The molecule has 0 spiro atoms. The molecule has 0 aliphatic rings. The number of carbonyl (C=O) groups excluding carboxylic acids is 1. The summed E-state index contributed by atoms with van der Waals surface area (Å²) in [5, 5.41) is 11.1. The molecule has 1 rings (SSSR count). The minimum absolute atomic E-state index is 0.0747. The van der Waals surface area contributed by atoms with Crippen molar-refractivity contribution in [2.75, 3.05) is 20.8 Å². The average Bonchev–Trinajstić information content (AvgIpc) is 2.43. The number of ether oxygens (including phenoxy) is 2. The first-order valence-electron chi connectivity index (χ1n) is 6.30. The van der Waals surface area contributed by atoms with Crippen LogP contribution in [0.1, 0.15) is 23.7 Å². The number of nitrogens with one attached hydrogen (secondary N) is 1. The SMILES string of the molecule is COc1cc(F)c(C(=O)NCC(C)CC(=O)O)cc1OC. The second kappa shape index (κ2) is 7.47. The number of hydrogen-bond donors (Lipinski definition) is 2. The minimum atomic E-state index is -0.950. The van der Waals surface area contributed by atoms with Gasteiger partial charge in [0.05, 0.1) is 19.8 Å². The van der Waals surface area contributed by atoms with Crippen LogP contribution in [0.25, 0.3) is 0 Å². The molecule has 0 saturated heterocycles. The van der Waals surface area contributed by atoms with E-state index in [4.69, 9.17) is 14.6 Å². The van der Waals surface area contributed by atoms with Gasteiger partial charge in [-0.3, -0.25) is 9.59 Å². The van der Waals surface area contributed by atoms with E-state index >= 15 is 0 Å². The number of rotatable bonds is 7. The summed E-state index contributed by atoms with van der Waals surface area (Å²) in [7, 11) is 2.75. The fraction of sp³-hybridized carbons (Fsp3) is 0.429. The van der Waals surface area contributed by atoms with Gasteiger partial charge in [-0.2, -0.15) is 0 Å². The molecular weight excluding hydrogens is 281 g/mol. The molecule has 7 heteroatoms. The summed E-state index contributed by atoms with van der Waals surface area (Å²) in [6.07, 6.45) is -0.0747. The van der Waals surface area contributed by atoms with E-state index in [2.05, 4.69) is 5.32 Å². The number of benzene rings is 1. The van der Waals surface area contributed by atoms with Crippen molar-refractivity contribution in [2.45, 2.75) is 13.3 Å². The lowest BCUT2D eigenvalue weighted by molar-refractivity contribution is -0.137. The molecule has 1 aromatic carbocycles. The number of hydrogen-bond acceptors (Lipinski definition) is 4. The van der Waals surface area contributed by atoms with Crippen LogP contribution in [-0.2, 0) is 4.79 Å². The van der Waals surface area contributed by atoms with Crippen molar-refractivity contribution in [3.63, 3.8) is 0 Å². The molecule has 1 unspecified atom stereocenters. The largest absolute Gasteiger partial charge is 0.493 e. The normalized spacial score (nSPS) is 11.6. The predicted molar refractivity (Wildman–Crippen MR) is 73.3 cm³/mol. The van der Waals surface area contributed by atoms with Crippen LogP contribution in [0.3, 0.4) is 0 Å². The summed E-state index contributed by atoms with van der Waals surface area (Å²) in [6, 6.07) is 2.31. The van der Waals surface area contributed by atoms with Gasteiger partial charge in [-0.15, -0.1) is 0 Å². The van der Waals surface area contributed by atoms with E-state index in [1.165, 1.54) is 20.3 Å². The minimum Gasteiger partial charge on any atom is -0.493 e. The molecule has 1 atom stereocenters. The van der Waals surface area contributed by atoms with Crippen molar-refractivity contribution in [2.24, 2.45) is 5.92 Å². The maximum absolute atomic E-state index is 13.8. The van der Waals surface area contributed by atoms with Crippen molar-refractivity contribution in [1.29, 1.82) is 0 Å². The third kappa shape index (κ3) is 4.62. The van der Waals surface area contributed by atoms with Crippen LogP contribution in [0.5, 0.6) is 11.5 Å². The van der Waals surface area contributed by atoms with Crippen LogP contribution >= 0.6 is 0 Å². The summed E-state index contributed by atoms with van der Waals surface area (Å²) >= 11 is 0. The lowest BCUT2D eigenvalue weighted by atomic mass is 10.1. The Kier molecular flexibility index (Phi) is 5.95. The molecule has 1 aromatic rings. The number of methoxy groups -OCH3 is 2. The second-order valence-corrected chi connectivity index (χ2v) is 4.60. The van der Waals surface area contributed by atoms with Crippen LogP contribution in [0.4, 0.5) is 4.39 Å². The molecule has 0 heterocycles. The predicted octanol–water partition coefficient (Wildman–Crippen LogP) is 1.68. The molecular formula is C14H18FNO5. The molecule has 0 aliphatic carbocycles. The van der Waals surface area contributed by atoms with Crippen molar-refractivity contribution >= 4 is 11.9 Å². The highest BCUT2D eigenvalue weighted by Crippen LogP contribution is 2.29. The quantitative estimate of drug-likeness (QED) is 0.800. The lowest BCUT2D eigenvalue weighted by Gasteiger charge is -2.13. The first-order valence-corrected chi connectivity index (χ1v) is 6.30. The summed E-state index contributed by atoms with van der Waals surface area (Å²) in [4.78, 5) is 22.5. The first kappa shape index (κ1) is 16.7. The molecule has 0 aromatic heterocycles. The summed E-state index contributed by atoms with van der Waals surface area (Å²) < 4.78 is 23.8. The van der Waals surface area contributed by atoms with E-state index in [0.717, 1.165) is 6.07 Å². The van der Waals surface area contributed by atoms with Crippen LogP contribution in [0.15, 0.2) is 12.1 Å². The fourth-order valence-electron chi connectivity index (χ4n) is 1.76. The molecule has 21 heavy (non-hydrogen) atoms. The molecule has 0 radical (unpaired) electrons. The third-order valence-corrected chi connectivity index (χ3v) is 2.85. The molecule has 116 valence electrons. The van der Waals surface area contributed by atoms with Gasteiger partial charge < -0.3 is 19.9 Å². The topological polar surface area (TPSA) is 84.9 Å². The summed E-state index contributed by atoms with van der Waals surface area (Å²) in [6.45, 7) is 1.82. The molecule has 0 bridgehead atoms. The zero-order valence-corrected chi connectivity index (χ0v) is 12.1. The van der Waals surface area contributed by atoms with Gasteiger partial charge in [0.1, 0.15) is 5.82 Å². The Hall–Kier alpha value is -2.31. The Labute approximate surface area is 121 Å². The van der Waals surface area contributed by atoms with Crippen molar-refractivity contribution in [1.82, 2.24) is 5.32 Å². The van der Waals surface area contributed by atoms with Gasteiger partial charge >= 0.3 is 5.97 Å². The van der Waals surface area contributed by atoms with Gasteiger partial charge in [-0.25, -0.2) is 4.39 Å². The Morgan fingerprint density at radius 3 is 2.38 bits per heavy atom. The van der Waals surface area contributed by atoms with Crippen molar-refractivity contribution in [3.8, 4) is 11.5 Å². The standard InChI is InChI=1S/C14H18FNO5/c1-8(4-13(17)18)7-16-14(19)9-5-11(20-2)12(21-3)6-10(9)15/h5-6,8H,4,7H2,1-3H3,(H,16,19)(H,17,18). The first-order chi connectivity index (χ1) is 9.88. The molecule has 0 fully saturated rings. The smallest absolute Gasteiger partial charge is 0.303 e. The Balaban J connectivity index is 2.80. The lowest BCUT2D eigenvalue weighted by Crippen LogP contribution is -2.29. The Bertz CT molecular complexity index is 532. The Morgan fingerprint density at radius 2 is 1.86 bits per heavy atom. The number of carboxylic acid groups (broad SMARTS) is 1. The number of carbonyl (C=O) groups is 2. The Morgan fingerprint density at radius 1 is 1.29 bits per heavy atom. The van der Waals surface area contributed by atoms with Crippen LogP contribution < -0.4 is 14.8 Å². The van der Waals surface area contributed by atoms with E-state index in [9.17, 15) is 14.0 Å². The number of aliphatic carboxylic acids is 1. The number of carboxylic acids is 1. The van der Waals surface area contributed by atoms with Gasteiger partial charge in [0.2, 0.25) is 0 Å². The van der Waals surface area contributed by atoms with Crippen molar-refractivity contribution < 1.29 is 28.6 Å². The number of halogens is 1.